The van der Waals surface area contributed by atoms with Crippen LogP contribution in [0.15, 0.2) is 18.2 Å². The molecule has 5 heteroatoms. The number of fused-ring (bicyclic) bond motifs is 1. The number of hydrogen-bond donors (Lipinski definition) is 1. The van der Waals surface area contributed by atoms with Crippen molar-refractivity contribution in [2.24, 2.45) is 5.41 Å². The Morgan fingerprint density at radius 3 is 2.70 bits per heavy atom. The second-order valence-corrected chi connectivity index (χ2v) is 7.32. The molecule has 1 aromatic carbocycles. The Morgan fingerprint density at radius 2 is 2.05 bits per heavy atom. The minimum atomic E-state index is -0.230. The summed E-state index contributed by atoms with van der Waals surface area (Å²) >= 11 is 1.81. The molecule has 0 spiro atoms. The quantitative estimate of drug-likeness (QED) is 0.637. The summed E-state index contributed by atoms with van der Waals surface area (Å²) in [6, 6.07) is 5.05. The van der Waals surface area contributed by atoms with Crippen LogP contribution in [0.1, 0.15) is 41.0 Å². The van der Waals surface area contributed by atoms with Gasteiger partial charge in [0.2, 0.25) is 0 Å². The number of rotatable bonds is 1. The van der Waals surface area contributed by atoms with E-state index in [1.54, 1.807) is 30.0 Å². The average molecular weight is 290 g/mol. The summed E-state index contributed by atoms with van der Waals surface area (Å²) in [6.07, 6.45) is 0.853. The number of anilines is 1. The van der Waals surface area contributed by atoms with Gasteiger partial charge in [-0.3, -0.25) is 14.5 Å². The average Bonchev–Trinajstić information content (AvgIpc) is 2.62. The zero-order valence-electron chi connectivity index (χ0n) is 11.7. The van der Waals surface area contributed by atoms with Crippen molar-refractivity contribution in [2.75, 3.05) is 17.2 Å². The number of hydrogen-bond acceptors (Lipinski definition) is 4. The molecular weight excluding hydrogens is 272 g/mol. The lowest BCUT2D eigenvalue weighted by molar-refractivity contribution is 0.0564. The summed E-state index contributed by atoms with van der Waals surface area (Å²) in [5, 5.41) is 0. The van der Waals surface area contributed by atoms with Gasteiger partial charge in [-0.2, -0.15) is 11.8 Å². The van der Waals surface area contributed by atoms with E-state index >= 15 is 0 Å². The van der Waals surface area contributed by atoms with Gasteiger partial charge < -0.3 is 5.73 Å². The summed E-state index contributed by atoms with van der Waals surface area (Å²) < 4.78 is 0. The molecule has 0 radical (unpaired) electrons. The lowest BCUT2D eigenvalue weighted by atomic mass is 9.87. The maximum Gasteiger partial charge on any atom is 0.263 e. The molecule has 106 valence electrons. The Bertz CT molecular complexity index is 598. The fourth-order valence-electron chi connectivity index (χ4n) is 3.05. The fraction of sp³-hybridized carbons (Fsp3) is 0.467. The molecule has 20 heavy (non-hydrogen) atoms. The van der Waals surface area contributed by atoms with Crippen molar-refractivity contribution in [3.05, 3.63) is 29.3 Å². The first kappa shape index (κ1) is 13.5. The lowest BCUT2D eigenvalue weighted by Gasteiger charge is -2.38. The molecule has 2 amide bonds. The van der Waals surface area contributed by atoms with Crippen LogP contribution in [0.25, 0.3) is 0 Å². The first-order chi connectivity index (χ1) is 9.41. The Labute approximate surface area is 122 Å². The van der Waals surface area contributed by atoms with Crippen molar-refractivity contribution in [2.45, 2.75) is 26.3 Å². The first-order valence-corrected chi connectivity index (χ1v) is 7.90. The van der Waals surface area contributed by atoms with Crippen LogP contribution in [-0.4, -0.2) is 34.3 Å². The van der Waals surface area contributed by atoms with Gasteiger partial charge in [0, 0.05) is 17.5 Å². The highest BCUT2D eigenvalue weighted by Crippen LogP contribution is 2.39. The number of amides is 2. The zero-order chi connectivity index (χ0) is 14.5. The van der Waals surface area contributed by atoms with Gasteiger partial charge in [0.15, 0.2) is 0 Å². The molecule has 1 unspecified atom stereocenters. The van der Waals surface area contributed by atoms with E-state index in [1.165, 1.54) is 4.90 Å². The molecular formula is C15H18N2O2S. The lowest BCUT2D eigenvalue weighted by Crippen LogP contribution is -2.46. The van der Waals surface area contributed by atoms with Gasteiger partial charge in [0.1, 0.15) is 0 Å². The Kier molecular flexibility index (Phi) is 3.05. The molecule has 2 heterocycles. The molecule has 0 bridgehead atoms. The van der Waals surface area contributed by atoms with E-state index in [2.05, 4.69) is 13.8 Å². The van der Waals surface area contributed by atoms with Crippen LogP contribution in [0.5, 0.6) is 0 Å². The Balaban J connectivity index is 1.96. The van der Waals surface area contributed by atoms with Crippen LogP contribution >= 0.6 is 11.8 Å². The van der Waals surface area contributed by atoms with Crippen LogP contribution < -0.4 is 5.73 Å². The molecule has 0 aliphatic carbocycles. The molecule has 2 N–H and O–H groups in total. The van der Waals surface area contributed by atoms with Crippen LogP contribution in [-0.2, 0) is 0 Å². The zero-order valence-corrected chi connectivity index (χ0v) is 12.5. The maximum atomic E-state index is 12.6. The van der Waals surface area contributed by atoms with Crippen molar-refractivity contribution in [3.8, 4) is 0 Å². The number of nitrogens with two attached hydrogens (primary N) is 1. The highest BCUT2D eigenvalue weighted by atomic mass is 32.2. The van der Waals surface area contributed by atoms with E-state index in [4.69, 9.17) is 5.73 Å². The maximum absolute atomic E-state index is 12.6. The third kappa shape index (κ3) is 2.00. The van der Waals surface area contributed by atoms with Gasteiger partial charge in [-0.25, -0.2) is 0 Å². The molecule has 1 aromatic rings. The summed E-state index contributed by atoms with van der Waals surface area (Å²) in [6.45, 7) is 4.36. The van der Waals surface area contributed by atoms with Crippen molar-refractivity contribution < 1.29 is 9.59 Å². The normalized spacial score (nSPS) is 24.9. The molecule has 0 aromatic heterocycles. The van der Waals surface area contributed by atoms with Crippen LogP contribution in [0.3, 0.4) is 0 Å². The van der Waals surface area contributed by atoms with E-state index in [0.29, 0.717) is 16.8 Å². The minimum absolute atomic E-state index is 0.0319. The van der Waals surface area contributed by atoms with Crippen LogP contribution in [0.4, 0.5) is 5.69 Å². The van der Waals surface area contributed by atoms with Gasteiger partial charge in [-0.1, -0.05) is 19.9 Å². The second kappa shape index (κ2) is 4.52. The summed E-state index contributed by atoms with van der Waals surface area (Å²) in [4.78, 5) is 26.5. The number of carbonyl (C=O) groups is 2. The SMILES string of the molecule is CC1(C)CSCC(N2C(=O)c3cccc(N)c3C2=O)C1. The van der Waals surface area contributed by atoms with E-state index in [1.807, 2.05) is 0 Å². The van der Waals surface area contributed by atoms with Crippen molar-refractivity contribution in [3.63, 3.8) is 0 Å². The van der Waals surface area contributed by atoms with Gasteiger partial charge in [-0.05, 0) is 29.7 Å². The van der Waals surface area contributed by atoms with Crippen LogP contribution in [0, 0.1) is 5.41 Å². The number of benzene rings is 1. The molecule has 1 fully saturated rings. The summed E-state index contributed by atoms with van der Waals surface area (Å²) in [7, 11) is 0. The second-order valence-electron chi connectivity index (χ2n) is 6.29. The Hall–Kier alpha value is -1.49. The van der Waals surface area contributed by atoms with E-state index in [9.17, 15) is 9.59 Å². The van der Waals surface area contributed by atoms with E-state index in [0.717, 1.165) is 17.9 Å². The van der Waals surface area contributed by atoms with Gasteiger partial charge in [-0.15, -0.1) is 0 Å². The van der Waals surface area contributed by atoms with Crippen molar-refractivity contribution >= 4 is 29.3 Å². The largest absolute Gasteiger partial charge is 0.398 e. The molecule has 4 nitrogen and oxygen atoms in total. The molecule has 2 aliphatic heterocycles. The first-order valence-electron chi connectivity index (χ1n) is 6.75. The summed E-state index contributed by atoms with van der Waals surface area (Å²) in [5.74, 6) is 1.45. The number of thioether (sulfide) groups is 1. The standard InChI is InChI=1S/C15H18N2O2S/c1-15(2)6-9(7-20-8-15)17-13(18)10-4-3-5-11(16)12(10)14(17)19/h3-5,9H,6-8,16H2,1-2H3. The number of nitrogens with zero attached hydrogens (tertiary/aromatic N) is 1. The van der Waals surface area contributed by atoms with Crippen molar-refractivity contribution in [1.82, 2.24) is 4.90 Å². The highest BCUT2D eigenvalue weighted by molar-refractivity contribution is 7.99. The Morgan fingerprint density at radius 1 is 1.30 bits per heavy atom. The van der Waals surface area contributed by atoms with Gasteiger partial charge >= 0.3 is 0 Å². The fourth-order valence-corrected chi connectivity index (χ4v) is 4.38. The molecule has 2 aliphatic rings. The van der Waals surface area contributed by atoms with E-state index in [-0.39, 0.29) is 23.3 Å². The van der Waals surface area contributed by atoms with Gasteiger partial charge in [0.25, 0.3) is 11.8 Å². The predicted molar refractivity (Wildman–Crippen MR) is 80.9 cm³/mol. The number of carbonyl (C=O) groups excluding carboxylic acids is 2. The molecule has 1 saturated heterocycles. The highest BCUT2D eigenvalue weighted by Gasteiger charge is 2.43. The predicted octanol–water partition coefficient (Wildman–Crippen LogP) is 2.40. The third-order valence-electron chi connectivity index (χ3n) is 3.93. The van der Waals surface area contributed by atoms with Gasteiger partial charge in [0.05, 0.1) is 11.1 Å². The molecule has 0 saturated carbocycles. The number of imide groups is 1. The molecule has 3 rings (SSSR count). The monoisotopic (exact) mass is 290 g/mol. The van der Waals surface area contributed by atoms with Crippen molar-refractivity contribution in [1.29, 1.82) is 0 Å². The van der Waals surface area contributed by atoms with Crippen LogP contribution in [0.2, 0.25) is 0 Å². The molecule has 1 atom stereocenters. The number of nitrogen functional groups attached to an aromatic ring is 1. The minimum Gasteiger partial charge on any atom is -0.398 e. The third-order valence-corrected chi connectivity index (χ3v) is 5.54. The topological polar surface area (TPSA) is 63.4 Å². The smallest absolute Gasteiger partial charge is 0.263 e. The summed E-state index contributed by atoms with van der Waals surface area (Å²) in [5.41, 5.74) is 7.23. The van der Waals surface area contributed by atoms with E-state index < -0.39 is 0 Å².